The van der Waals surface area contributed by atoms with Crippen LogP contribution >= 0.6 is 0 Å². The Balaban J connectivity index is 1.55. The van der Waals surface area contributed by atoms with Gasteiger partial charge in [0.05, 0.1) is 19.1 Å². The average Bonchev–Trinajstić information content (AvgIpc) is 3.11. The van der Waals surface area contributed by atoms with Gasteiger partial charge < -0.3 is 14.6 Å². The first-order valence-corrected chi connectivity index (χ1v) is 9.04. The first-order valence-electron chi connectivity index (χ1n) is 9.04. The van der Waals surface area contributed by atoms with E-state index in [4.69, 9.17) is 9.26 Å². The van der Waals surface area contributed by atoms with E-state index in [-0.39, 0.29) is 11.8 Å². The number of aryl methyl sites for hydroxylation is 1. The Labute approximate surface area is 153 Å². The molecule has 26 heavy (non-hydrogen) atoms. The summed E-state index contributed by atoms with van der Waals surface area (Å²) in [5, 5.41) is 7.01. The number of ether oxygens (including phenoxy) is 1. The molecule has 0 spiro atoms. The molecular formula is C19H26N4O3. The van der Waals surface area contributed by atoms with Gasteiger partial charge >= 0.3 is 0 Å². The molecule has 1 saturated heterocycles. The van der Waals surface area contributed by atoms with Crippen LogP contribution in [-0.4, -0.2) is 54.3 Å². The van der Waals surface area contributed by atoms with Crippen LogP contribution in [0.1, 0.15) is 24.3 Å². The molecule has 0 bridgehead atoms. The van der Waals surface area contributed by atoms with E-state index in [0.29, 0.717) is 38.0 Å². The van der Waals surface area contributed by atoms with Crippen molar-refractivity contribution in [2.45, 2.75) is 26.3 Å². The Bertz CT molecular complexity index is 714. The fourth-order valence-electron chi connectivity index (χ4n) is 3.16. The number of hydrogen-bond acceptors (Lipinski definition) is 6. The molecule has 1 fully saturated rings. The van der Waals surface area contributed by atoms with Crippen LogP contribution in [-0.2, 0) is 16.1 Å². The second-order valence-corrected chi connectivity index (χ2v) is 6.74. The van der Waals surface area contributed by atoms with Crippen molar-refractivity contribution in [1.29, 1.82) is 0 Å². The van der Waals surface area contributed by atoms with Crippen molar-refractivity contribution in [3.8, 4) is 11.4 Å². The first-order chi connectivity index (χ1) is 12.7. The number of aromatic nitrogens is 2. The van der Waals surface area contributed by atoms with E-state index in [2.05, 4.69) is 20.4 Å². The number of nitrogens with one attached hydrogen (secondary N) is 1. The Morgan fingerprint density at radius 2 is 2.19 bits per heavy atom. The van der Waals surface area contributed by atoms with Crippen molar-refractivity contribution in [2.24, 2.45) is 5.92 Å². The van der Waals surface area contributed by atoms with Crippen LogP contribution in [0.25, 0.3) is 11.4 Å². The van der Waals surface area contributed by atoms with E-state index in [9.17, 15) is 4.79 Å². The number of carbonyl (C=O) groups excluding carboxylic acids is 1. The van der Waals surface area contributed by atoms with Gasteiger partial charge in [-0.1, -0.05) is 35.0 Å². The predicted molar refractivity (Wildman–Crippen MR) is 97.4 cm³/mol. The van der Waals surface area contributed by atoms with Crippen molar-refractivity contribution in [3.05, 3.63) is 35.7 Å². The SMILES string of the molecule is COCCNC(=O)C1CCCN(Cc2nc(-c3ccc(C)cc3)no2)C1. The van der Waals surface area contributed by atoms with Crippen molar-refractivity contribution < 1.29 is 14.1 Å². The number of rotatable bonds is 7. The second kappa shape index (κ2) is 8.91. The molecular weight excluding hydrogens is 332 g/mol. The van der Waals surface area contributed by atoms with Crippen molar-refractivity contribution in [2.75, 3.05) is 33.4 Å². The Morgan fingerprint density at radius 1 is 1.38 bits per heavy atom. The van der Waals surface area contributed by atoms with Gasteiger partial charge in [0.15, 0.2) is 0 Å². The zero-order valence-corrected chi connectivity index (χ0v) is 15.4. The zero-order chi connectivity index (χ0) is 18.4. The highest BCUT2D eigenvalue weighted by Crippen LogP contribution is 2.20. The lowest BCUT2D eigenvalue weighted by atomic mass is 9.97. The summed E-state index contributed by atoms with van der Waals surface area (Å²) in [5.74, 6) is 1.28. The summed E-state index contributed by atoms with van der Waals surface area (Å²) in [6.45, 7) is 5.34. The molecule has 2 heterocycles. The third kappa shape index (κ3) is 4.89. The fraction of sp³-hybridized carbons (Fsp3) is 0.526. The molecule has 1 aromatic carbocycles. The highest BCUT2D eigenvalue weighted by Gasteiger charge is 2.26. The monoisotopic (exact) mass is 358 g/mol. The highest BCUT2D eigenvalue weighted by molar-refractivity contribution is 5.78. The van der Waals surface area contributed by atoms with Crippen molar-refractivity contribution >= 4 is 5.91 Å². The number of likely N-dealkylation sites (tertiary alicyclic amines) is 1. The van der Waals surface area contributed by atoms with E-state index >= 15 is 0 Å². The van der Waals surface area contributed by atoms with Crippen LogP contribution in [0.5, 0.6) is 0 Å². The summed E-state index contributed by atoms with van der Waals surface area (Å²) in [6, 6.07) is 8.04. The third-order valence-electron chi connectivity index (χ3n) is 4.62. The van der Waals surface area contributed by atoms with Crippen LogP contribution in [0.3, 0.4) is 0 Å². The van der Waals surface area contributed by atoms with Crippen LogP contribution in [0.4, 0.5) is 0 Å². The molecule has 3 rings (SSSR count). The van der Waals surface area contributed by atoms with Gasteiger partial charge in [0.2, 0.25) is 17.6 Å². The maximum Gasteiger partial charge on any atom is 0.241 e. The van der Waals surface area contributed by atoms with Crippen LogP contribution in [0.2, 0.25) is 0 Å². The van der Waals surface area contributed by atoms with Gasteiger partial charge in [-0.15, -0.1) is 0 Å². The molecule has 1 amide bonds. The van der Waals surface area contributed by atoms with Gasteiger partial charge in [0.1, 0.15) is 0 Å². The van der Waals surface area contributed by atoms with Crippen molar-refractivity contribution in [3.63, 3.8) is 0 Å². The average molecular weight is 358 g/mol. The van der Waals surface area contributed by atoms with E-state index in [1.54, 1.807) is 7.11 Å². The van der Waals surface area contributed by atoms with Crippen LogP contribution in [0.15, 0.2) is 28.8 Å². The quantitative estimate of drug-likeness (QED) is 0.763. The molecule has 1 atom stereocenters. The molecule has 0 saturated carbocycles. The number of hydrogen-bond donors (Lipinski definition) is 1. The van der Waals surface area contributed by atoms with Gasteiger partial charge in [0, 0.05) is 25.8 Å². The molecule has 1 N–H and O–H groups in total. The lowest BCUT2D eigenvalue weighted by Gasteiger charge is -2.30. The Morgan fingerprint density at radius 3 is 2.96 bits per heavy atom. The molecule has 1 unspecified atom stereocenters. The van der Waals surface area contributed by atoms with E-state index in [0.717, 1.165) is 24.9 Å². The maximum atomic E-state index is 12.2. The smallest absolute Gasteiger partial charge is 0.241 e. The van der Waals surface area contributed by atoms with Gasteiger partial charge in [-0.3, -0.25) is 9.69 Å². The van der Waals surface area contributed by atoms with E-state index in [1.807, 2.05) is 31.2 Å². The molecule has 140 valence electrons. The molecule has 7 heteroatoms. The van der Waals surface area contributed by atoms with Gasteiger partial charge in [0.25, 0.3) is 0 Å². The summed E-state index contributed by atoms with van der Waals surface area (Å²) in [4.78, 5) is 18.9. The number of methoxy groups -OCH3 is 1. The first kappa shape index (κ1) is 18.5. The Hall–Kier alpha value is -2.25. The molecule has 1 aromatic heterocycles. The lowest BCUT2D eigenvalue weighted by molar-refractivity contribution is -0.127. The summed E-state index contributed by atoms with van der Waals surface area (Å²) in [7, 11) is 1.63. The second-order valence-electron chi connectivity index (χ2n) is 6.74. The van der Waals surface area contributed by atoms with Gasteiger partial charge in [-0.25, -0.2) is 0 Å². The minimum atomic E-state index is 0.0000894. The van der Waals surface area contributed by atoms with Crippen molar-refractivity contribution in [1.82, 2.24) is 20.4 Å². The summed E-state index contributed by atoms with van der Waals surface area (Å²) < 4.78 is 10.4. The summed E-state index contributed by atoms with van der Waals surface area (Å²) in [5.41, 5.74) is 2.14. The predicted octanol–water partition coefficient (Wildman–Crippen LogP) is 2.02. The number of piperidine rings is 1. The minimum Gasteiger partial charge on any atom is -0.383 e. The fourth-order valence-corrected chi connectivity index (χ4v) is 3.16. The number of carbonyl (C=O) groups is 1. The van der Waals surface area contributed by atoms with E-state index in [1.165, 1.54) is 5.56 Å². The lowest BCUT2D eigenvalue weighted by Crippen LogP contribution is -2.43. The molecule has 7 nitrogen and oxygen atoms in total. The normalized spacial score (nSPS) is 18.0. The minimum absolute atomic E-state index is 0.0000894. The molecule has 2 aromatic rings. The Kier molecular flexibility index (Phi) is 6.35. The third-order valence-corrected chi connectivity index (χ3v) is 4.62. The number of amides is 1. The molecule has 1 aliphatic heterocycles. The maximum absolute atomic E-state index is 12.2. The summed E-state index contributed by atoms with van der Waals surface area (Å²) >= 11 is 0. The zero-order valence-electron chi connectivity index (χ0n) is 15.4. The van der Waals surface area contributed by atoms with Crippen LogP contribution in [0, 0.1) is 12.8 Å². The van der Waals surface area contributed by atoms with Crippen LogP contribution < -0.4 is 5.32 Å². The largest absolute Gasteiger partial charge is 0.383 e. The number of benzene rings is 1. The highest BCUT2D eigenvalue weighted by atomic mass is 16.5. The van der Waals surface area contributed by atoms with E-state index < -0.39 is 0 Å². The summed E-state index contributed by atoms with van der Waals surface area (Å²) in [6.07, 6.45) is 1.90. The van der Waals surface area contributed by atoms with Gasteiger partial charge in [-0.05, 0) is 26.3 Å². The molecule has 0 radical (unpaired) electrons. The standard InChI is InChI=1S/C19H26N4O3/c1-14-5-7-15(8-6-14)18-21-17(26-22-18)13-23-10-3-4-16(12-23)19(24)20-9-11-25-2/h5-8,16H,3-4,9-13H2,1-2H3,(H,20,24). The topological polar surface area (TPSA) is 80.5 Å². The van der Waals surface area contributed by atoms with Gasteiger partial charge in [-0.2, -0.15) is 4.98 Å². The number of nitrogens with zero attached hydrogens (tertiary/aromatic N) is 3. The molecule has 0 aliphatic carbocycles. The molecule has 1 aliphatic rings.